The van der Waals surface area contributed by atoms with E-state index < -0.39 is 10.8 Å². The molecule has 0 amide bonds. The topological polar surface area (TPSA) is 55.4 Å². The van der Waals surface area contributed by atoms with E-state index in [1.54, 1.807) is 6.08 Å². The van der Waals surface area contributed by atoms with Crippen molar-refractivity contribution in [3.05, 3.63) is 24.3 Å². The number of hydrogen-bond donors (Lipinski definition) is 1. The van der Waals surface area contributed by atoms with Crippen LogP contribution in [0.15, 0.2) is 24.3 Å². The number of esters is 1. The van der Waals surface area contributed by atoms with Crippen LogP contribution in [0, 0.1) is 45.8 Å². The van der Waals surface area contributed by atoms with Gasteiger partial charge in [-0.3, -0.25) is 4.79 Å². The molecule has 4 nitrogen and oxygen atoms in total. The van der Waals surface area contributed by atoms with Crippen molar-refractivity contribution in [1.29, 1.82) is 0 Å². The van der Waals surface area contributed by atoms with Gasteiger partial charge < -0.3 is 14.8 Å². The second-order valence-electron chi connectivity index (χ2n) is 12.0. The highest BCUT2D eigenvalue weighted by Gasteiger charge is 2.84. The Labute approximate surface area is 203 Å². The van der Waals surface area contributed by atoms with Crippen LogP contribution < -0.4 is 5.32 Å². The van der Waals surface area contributed by atoms with Crippen LogP contribution in [0.1, 0.15) is 59.8 Å². The smallest absolute Gasteiger partial charge is 0.318 e. The van der Waals surface area contributed by atoms with Crippen LogP contribution in [0.25, 0.3) is 0 Å². The Morgan fingerprint density at radius 3 is 2.76 bits per heavy atom. The van der Waals surface area contributed by atoms with Crippen molar-refractivity contribution in [1.82, 2.24) is 5.32 Å². The van der Waals surface area contributed by atoms with Crippen molar-refractivity contribution in [2.75, 3.05) is 18.9 Å². The van der Waals surface area contributed by atoms with Gasteiger partial charge in [-0.2, -0.15) is 11.8 Å². The average molecular weight is 472 g/mol. The number of carbonyl (C=O) groups excluding carboxylic acids is 2. The summed E-state index contributed by atoms with van der Waals surface area (Å²) in [5, 5.41) is 4.17. The first-order chi connectivity index (χ1) is 15.8. The van der Waals surface area contributed by atoms with Gasteiger partial charge in [-0.05, 0) is 62.2 Å². The van der Waals surface area contributed by atoms with Crippen molar-refractivity contribution in [2.45, 2.75) is 71.1 Å². The van der Waals surface area contributed by atoms with Crippen LogP contribution in [0.2, 0.25) is 0 Å². The molecule has 5 aliphatic rings. The highest BCUT2D eigenvalue weighted by molar-refractivity contribution is 8.00. The monoisotopic (exact) mass is 471 g/mol. The van der Waals surface area contributed by atoms with Gasteiger partial charge >= 0.3 is 5.97 Å². The van der Waals surface area contributed by atoms with E-state index in [1.165, 1.54) is 24.7 Å². The van der Waals surface area contributed by atoms with E-state index in [0.29, 0.717) is 29.0 Å². The Morgan fingerprint density at radius 1 is 1.33 bits per heavy atom. The molecule has 4 fully saturated rings. The van der Waals surface area contributed by atoms with Gasteiger partial charge in [0, 0.05) is 29.0 Å². The number of rotatable bonds is 8. The number of carbonyl (C=O) groups is 2. The zero-order chi connectivity index (χ0) is 23.6. The summed E-state index contributed by atoms with van der Waals surface area (Å²) in [5.41, 5.74) is -0.474. The van der Waals surface area contributed by atoms with Crippen LogP contribution >= 0.6 is 11.8 Å². The first-order valence-corrected chi connectivity index (χ1v) is 14.1. The lowest BCUT2D eigenvalue weighted by Crippen LogP contribution is -2.63. The maximum absolute atomic E-state index is 14.3. The summed E-state index contributed by atoms with van der Waals surface area (Å²) < 4.78 is 5.95. The highest BCUT2D eigenvalue weighted by atomic mass is 32.2. The van der Waals surface area contributed by atoms with E-state index in [4.69, 9.17) is 4.74 Å². The molecule has 0 spiro atoms. The van der Waals surface area contributed by atoms with Crippen molar-refractivity contribution in [3.63, 3.8) is 0 Å². The fraction of sp³-hybridized carbons (Fsp3) is 0.786. The summed E-state index contributed by atoms with van der Waals surface area (Å²) in [6.07, 6.45) is 10.6. The van der Waals surface area contributed by atoms with Gasteiger partial charge in [-0.1, -0.05) is 51.5 Å². The molecule has 5 heteroatoms. The molecule has 33 heavy (non-hydrogen) atoms. The molecule has 4 bridgehead atoms. The van der Waals surface area contributed by atoms with Crippen LogP contribution in [0.3, 0.4) is 0 Å². The van der Waals surface area contributed by atoms with Crippen LogP contribution in [-0.4, -0.2) is 42.5 Å². The van der Waals surface area contributed by atoms with Gasteiger partial charge in [0.2, 0.25) is 0 Å². The van der Waals surface area contributed by atoms with Crippen molar-refractivity contribution < 1.29 is 14.3 Å². The first-order valence-electron chi connectivity index (χ1n) is 13.1. The van der Waals surface area contributed by atoms with Crippen LogP contribution in [0.4, 0.5) is 0 Å². The largest absolute Gasteiger partial charge is 0.461 e. The number of thioether (sulfide) groups is 1. The minimum Gasteiger partial charge on any atom is -0.461 e. The molecule has 0 aromatic carbocycles. The van der Waals surface area contributed by atoms with E-state index >= 15 is 0 Å². The number of fused-ring (bicyclic) bond motifs is 2. The zero-order valence-corrected chi connectivity index (χ0v) is 21.6. The molecule has 3 saturated carbocycles. The first kappa shape index (κ1) is 23.7. The molecule has 1 N–H and O–H groups in total. The number of nitrogens with one attached hydrogen (secondary N) is 1. The Bertz CT molecular complexity index is 869. The molecule has 9 atom stereocenters. The van der Waals surface area contributed by atoms with Crippen molar-refractivity contribution in [3.8, 4) is 0 Å². The Hall–Kier alpha value is -1.07. The predicted octanol–water partition coefficient (Wildman–Crippen LogP) is 5.04. The minimum atomic E-state index is -0.820. The summed E-state index contributed by atoms with van der Waals surface area (Å²) in [6, 6.07) is 0.552. The van der Waals surface area contributed by atoms with Crippen LogP contribution in [0.5, 0.6) is 0 Å². The molecular weight excluding hydrogens is 430 g/mol. The van der Waals surface area contributed by atoms with Gasteiger partial charge in [-0.15, -0.1) is 0 Å². The maximum atomic E-state index is 14.3. The molecule has 0 unspecified atom stereocenters. The van der Waals surface area contributed by atoms with Crippen LogP contribution in [-0.2, 0) is 14.3 Å². The number of hydrogen-bond acceptors (Lipinski definition) is 5. The molecule has 1 heterocycles. The molecular formula is C28H41NO3S. The third-order valence-electron chi connectivity index (χ3n) is 10.3. The molecule has 4 aliphatic carbocycles. The van der Waals surface area contributed by atoms with Crippen molar-refractivity contribution in [2.24, 2.45) is 45.8 Å². The zero-order valence-electron chi connectivity index (χ0n) is 20.8. The molecule has 0 radical (unpaired) electrons. The molecule has 0 aromatic rings. The molecule has 1 saturated heterocycles. The van der Waals surface area contributed by atoms with E-state index in [1.807, 2.05) is 0 Å². The lowest BCUT2D eigenvalue weighted by molar-refractivity contribution is -0.182. The standard InChI is InChI=1S/C28H41NO3S/c1-6-9-32-25(31)28-24(17(2)3)11-20-12-26(28,15-30)23-8-7-18(4)22(23)13-27(20,28)16-33-21-10-19(5)29-14-21/h6,11,15,17-23,29H,1,7-10,12-14,16H2,2-5H3/t18-,19+,20+,21-,22-,23-,26+,27+,28+/m1/s1. The highest BCUT2D eigenvalue weighted by Crippen LogP contribution is 2.83. The van der Waals surface area contributed by atoms with Gasteiger partial charge in [0.1, 0.15) is 18.3 Å². The molecule has 5 rings (SSSR count). The van der Waals surface area contributed by atoms with E-state index in [9.17, 15) is 9.59 Å². The summed E-state index contributed by atoms with van der Waals surface area (Å²) in [7, 11) is 0. The van der Waals surface area contributed by atoms with Gasteiger partial charge in [0.15, 0.2) is 0 Å². The Kier molecular flexibility index (Phi) is 5.92. The van der Waals surface area contributed by atoms with Crippen molar-refractivity contribution >= 4 is 24.0 Å². The average Bonchev–Trinajstić information content (AvgIpc) is 3.50. The third kappa shape index (κ3) is 2.93. The summed E-state index contributed by atoms with van der Waals surface area (Å²) in [6.45, 7) is 14.1. The van der Waals surface area contributed by atoms with E-state index in [2.05, 4.69) is 57.4 Å². The van der Waals surface area contributed by atoms with E-state index in [0.717, 1.165) is 31.6 Å². The number of ether oxygens (including phenoxy) is 1. The summed E-state index contributed by atoms with van der Waals surface area (Å²) in [4.78, 5) is 27.6. The fourth-order valence-corrected chi connectivity index (χ4v) is 10.9. The van der Waals surface area contributed by atoms with Gasteiger partial charge in [0.25, 0.3) is 0 Å². The SMILES string of the molecule is C=CCOC(=O)[C@@]12C(C(C)C)=C[C@H]3C[C@]1(C=O)[C@@H]1CC[C@@H](C)[C@H]1C[C@]32CS[C@H]1CN[C@@H](C)C1. The molecule has 0 aromatic heterocycles. The lowest BCUT2D eigenvalue weighted by atomic mass is 9.43. The van der Waals surface area contributed by atoms with E-state index in [-0.39, 0.29) is 29.8 Å². The van der Waals surface area contributed by atoms with Gasteiger partial charge in [-0.25, -0.2) is 0 Å². The summed E-state index contributed by atoms with van der Waals surface area (Å²) in [5.74, 6) is 2.74. The second kappa shape index (κ2) is 8.26. The lowest BCUT2D eigenvalue weighted by Gasteiger charge is -2.59. The quantitative estimate of drug-likeness (QED) is 0.305. The molecule has 1 aliphatic heterocycles. The molecule has 182 valence electrons. The minimum absolute atomic E-state index is 0.147. The maximum Gasteiger partial charge on any atom is 0.318 e. The summed E-state index contributed by atoms with van der Waals surface area (Å²) >= 11 is 2.05. The normalized spacial score (nSPS) is 47.5. The number of aldehydes is 1. The number of allylic oxidation sites excluding steroid dienone is 1. The second-order valence-corrected chi connectivity index (χ2v) is 13.3. The Balaban J connectivity index is 1.65. The van der Waals surface area contributed by atoms with Gasteiger partial charge in [0.05, 0.1) is 5.41 Å². The fourth-order valence-electron chi connectivity index (χ4n) is 9.14. The Morgan fingerprint density at radius 2 is 2.12 bits per heavy atom. The third-order valence-corrected chi connectivity index (χ3v) is 11.8. The predicted molar refractivity (Wildman–Crippen MR) is 134 cm³/mol.